The van der Waals surface area contributed by atoms with Crippen LogP contribution < -0.4 is 10.6 Å². The topological polar surface area (TPSA) is 81.8 Å². The molecule has 2 saturated heterocycles. The first-order valence-electron chi connectivity index (χ1n) is 9.20. The number of rotatable bonds is 2. The molecule has 2 aliphatic heterocycles. The number of hydrogen-bond acceptors (Lipinski definition) is 3. The lowest BCUT2D eigenvalue weighted by Crippen LogP contribution is -2.42. The highest BCUT2D eigenvalue weighted by molar-refractivity contribution is 5.96. The van der Waals surface area contributed by atoms with Crippen molar-refractivity contribution in [2.45, 2.75) is 39.2 Å². The van der Waals surface area contributed by atoms with E-state index >= 15 is 0 Å². The van der Waals surface area contributed by atoms with E-state index in [9.17, 15) is 14.4 Å². The monoisotopic (exact) mass is 358 g/mol. The lowest BCUT2D eigenvalue weighted by atomic mass is 10.1. The van der Waals surface area contributed by atoms with Crippen LogP contribution >= 0.6 is 0 Å². The molecule has 140 valence electrons. The molecule has 0 saturated carbocycles. The molecular weight excluding hydrogens is 332 g/mol. The molecule has 2 fully saturated rings. The highest BCUT2D eigenvalue weighted by Crippen LogP contribution is 2.20. The summed E-state index contributed by atoms with van der Waals surface area (Å²) in [5.74, 6) is 0.0166. The Balaban J connectivity index is 1.68. The maximum Gasteiger partial charge on any atom is 0.322 e. The highest BCUT2D eigenvalue weighted by Gasteiger charge is 2.26. The van der Waals surface area contributed by atoms with Crippen LogP contribution in [0.2, 0.25) is 0 Å². The third kappa shape index (κ3) is 3.98. The van der Waals surface area contributed by atoms with Gasteiger partial charge in [-0.15, -0.1) is 0 Å². The lowest BCUT2D eigenvalue weighted by molar-refractivity contribution is -0.121. The van der Waals surface area contributed by atoms with Crippen LogP contribution in [0.25, 0.3) is 0 Å². The van der Waals surface area contributed by atoms with Crippen molar-refractivity contribution in [2.24, 2.45) is 0 Å². The summed E-state index contributed by atoms with van der Waals surface area (Å²) in [5, 5.41) is 5.69. The number of amides is 4. The van der Waals surface area contributed by atoms with Crippen LogP contribution in [0.3, 0.4) is 0 Å². The van der Waals surface area contributed by atoms with E-state index in [4.69, 9.17) is 0 Å². The number of likely N-dealkylation sites (tertiary alicyclic amines) is 1. The molecule has 1 aromatic carbocycles. The second-order valence-corrected chi connectivity index (χ2v) is 7.06. The van der Waals surface area contributed by atoms with Gasteiger partial charge < -0.3 is 20.4 Å². The van der Waals surface area contributed by atoms with Crippen molar-refractivity contribution < 1.29 is 14.4 Å². The van der Waals surface area contributed by atoms with Crippen LogP contribution in [0.4, 0.5) is 10.5 Å². The van der Waals surface area contributed by atoms with E-state index in [-0.39, 0.29) is 23.9 Å². The van der Waals surface area contributed by atoms with Crippen molar-refractivity contribution in [2.75, 3.05) is 31.5 Å². The molecule has 0 spiro atoms. The first-order valence-corrected chi connectivity index (χ1v) is 9.20. The Kier molecular flexibility index (Phi) is 5.44. The van der Waals surface area contributed by atoms with E-state index in [2.05, 4.69) is 10.6 Å². The molecule has 1 atom stereocenters. The molecule has 2 heterocycles. The van der Waals surface area contributed by atoms with Crippen LogP contribution in [0, 0.1) is 6.92 Å². The van der Waals surface area contributed by atoms with Gasteiger partial charge in [-0.3, -0.25) is 9.59 Å². The molecule has 26 heavy (non-hydrogen) atoms. The number of benzene rings is 1. The molecule has 2 aliphatic rings. The number of nitrogens with zero attached hydrogens (tertiary/aromatic N) is 2. The first kappa shape index (κ1) is 18.2. The fourth-order valence-corrected chi connectivity index (χ4v) is 3.52. The number of carbonyl (C=O) groups excluding carboxylic acids is 3. The van der Waals surface area contributed by atoms with Gasteiger partial charge in [0, 0.05) is 49.9 Å². The number of aryl methyl sites for hydroxylation is 1. The molecule has 3 rings (SSSR count). The number of urea groups is 1. The van der Waals surface area contributed by atoms with Crippen LogP contribution in [-0.2, 0) is 4.79 Å². The first-order chi connectivity index (χ1) is 12.5. The maximum atomic E-state index is 12.6. The van der Waals surface area contributed by atoms with E-state index in [1.807, 2.05) is 24.8 Å². The molecule has 7 heteroatoms. The highest BCUT2D eigenvalue weighted by atomic mass is 16.2. The number of carbonyl (C=O) groups is 3. The third-order valence-electron chi connectivity index (χ3n) is 5.06. The minimum absolute atomic E-state index is 0.0336. The normalized spacial score (nSPS) is 20.5. The van der Waals surface area contributed by atoms with Gasteiger partial charge in [-0.2, -0.15) is 0 Å². The van der Waals surface area contributed by atoms with Crippen molar-refractivity contribution in [1.82, 2.24) is 15.1 Å². The minimum atomic E-state index is -0.226. The summed E-state index contributed by atoms with van der Waals surface area (Å²) in [6.07, 6.45) is 2.42. The Morgan fingerprint density at radius 2 is 1.92 bits per heavy atom. The predicted octanol–water partition coefficient (Wildman–Crippen LogP) is 1.97. The van der Waals surface area contributed by atoms with E-state index in [0.717, 1.165) is 31.5 Å². The van der Waals surface area contributed by atoms with E-state index in [1.54, 1.807) is 17.0 Å². The molecular formula is C19H26N4O3. The summed E-state index contributed by atoms with van der Waals surface area (Å²) in [7, 11) is 0. The zero-order chi connectivity index (χ0) is 18.7. The largest absolute Gasteiger partial charge is 0.354 e. The summed E-state index contributed by atoms with van der Waals surface area (Å²) in [6.45, 7) is 6.32. The second kappa shape index (κ2) is 7.76. The maximum absolute atomic E-state index is 12.6. The predicted molar refractivity (Wildman–Crippen MR) is 99.1 cm³/mol. The van der Waals surface area contributed by atoms with Crippen LogP contribution in [-0.4, -0.2) is 59.9 Å². The molecule has 1 aromatic rings. The molecule has 1 unspecified atom stereocenters. The standard InChI is InChI=1S/C19H26N4O3/c1-13-11-15(18(25)22-8-3-4-9-22)5-6-16(13)21-19(26)23-10-7-20-17(24)12-14(23)2/h5-6,11,14H,3-4,7-10,12H2,1-2H3,(H,20,24)(H,21,26). The fourth-order valence-electron chi connectivity index (χ4n) is 3.52. The van der Waals surface area contributed by atoms with Gasteiger partial charge in [0.25, 0.3) is 5.91 Å². The van der Waals surface area contributed by atoms with Gasteiger partial charge in [-0.25, -0.2) is 4.79 Å². The lowest BCUT2D eigenvalue weighted by Gasteiger charge is -2.26. The molecule has 0 aliphatic carbocycles. The smallest absolute Gasteiger partial charge is 0.322 e. The Bertz CT molecular complexity index is 713. The van der Waals surface area contributed by atoms with Crippen molar-refractivity contribution >= 4 is 23.5 Å². The number of nitrogens with one attached hydrogen (secondary N) is 2. The summed E-state index contributed by atoms with van der Waals surface area (Å²) >= 11 is 0. The molecule has 0 bridgehead atoms. The Hall–Kier alpha value is -2.57. The average Bonchev–Trinajstić information content (AvgIpc) is 3.08. The Morgan fingerprint density at radius 1 is 1.19 bits per heavy atom. The van der Waals surface area contributed by atoms with Gasteiger partial charge >= 0.3 is 6.03 Å². The van der Waals surface area contributed by atoms with Gasteiger partial charge in [-0.05, 0) is 50.5 Å². The summed E-state index contributed by atoms with van der Waals surface area (Å²) in [4.78, 5) is 40.2. The van der Waals surface area contributed by atoms with Crippen molar-refractivity contribution in [3.63, 3.8) is 0 Å². The van der Waals surface area contributed by atoms with Gasteiger partial charge in [0.05, 0.1) is 0 Å². The fraction of sp³-hybridized carbons (Fsp3) is 0.526. The van der Waals surface area contributed by atoms with Gasteiger partial charge in [0.15, 0.2) is 0 Å². The Labute approximate surface area is 153 Å². The van der Waals surface area contributed by atoms with E-state index in [1.165, 1.54) is 0 Å². The third-order valence-corrected chi connectivity index (χ3v) is 5.06. The Morgan fingerprint density at radius 3 is 2.62 bits per heavy atom. The number of hydrogen-bond donors (Lipinski definition) is 2. The van der Waals surface area contributed by atoms with Crippen LogP contribution in [0.1, 0.15) is 42.1 Å². The quantitative estimate of drug-likeness (QED) is 0.848. The van der Waals surface area contributed by atoms with Crippen LogP contribution in [0.15, 0.2) is 18.2 Å². The average molecular weight is 358 g/mol. The summed E-state index contributed by atoms with van der Waals surface area (Å²) in [5.41, 5.74) is 2.18. The zero-order valence-electron chi connectivity index (χ0n) is 15.4. The SMILES string of the molecule is Cc1cc(C(=O)N2CCCC2)ccc1NC(=O)N1CCNC(=O)CC1C. The van der Waals surface area contributed by atoms with Crippen molar-refractivity contribution in [3.05, 3.63) is 29.3 Å². The summed E-state index contributed by atoms with van der Waals surface area (Å²) in [6, 6.07) is 4.99. The van der Waals surface area contributed by atoms with Crippen LogP contribution in [0.5, 0.6) is 0 Å². The molecule has 0 radical (unpaired) electrons. The molecule has 4 amide bonds. The van der Waals surface area contributed by atoms with Gasteiger partial charge in [0.2, 0.25) is 5.91 Å². The van der Waals surface area contributed by atoms with Gasteiger partial charge in [-0.1, -0.05) is 0 Å². The molecule has 2 N–H and O–H groups in total. The molecule has 0 aromatic heterocycles. The minimum Gasteiger partial charge on any atom is -0.354 e. The van der Waals surface area contributed by atoms with Gasteiger partial charge in [0.1, 0.15) is 0 Å². The zero-order valence-corrected chi connectivity index (χ0v) is 15.4. The summed E-state index contributed by atoms with van der Waals surface area (Å²) < 4.78 is 0. The van der Waals surface area contributed by atoms with Crippen molar-refractivity contribution in [3.8, 4) is 0 Å². The number of anilines is 1. The van der Waals surface area contributed by atoms with E-state index < -0.39 is 0 Å². The van der Waals surface area contributed by atoms with Crippen molar-refractivity contribution in [1.29, 1.82) is 0 Å². The van der Waals surface area contributed by atoms with E-state index in [0.29, 0.717) is 30.8 Å². The second-order valence-electron chi connectivity index (χ2n) is 7.06. The molecule has 7 nitrogen and oxygen atoms in total.